The molecule has 0 fully saturated rings. The summed E-state index contributed by atoms with van der Waals surface area (Å²) in [5.41, 5.74) is 6.79. The maximum atomic E-state index is 12.9. The Balaban J connectivity index is 1.62. The van der Waals surface area contributed by atoms with Crippen LogP contribution in [-0.4, -0.2) is 42.4 Å². The van der Waals surface area contributed by atoms with E-state index in [1.54, 1.807) is 36.8 Å². The summed E-state index contributed by atoms with van der Waals surface area (Å²) in [5.74, 6) is -2.66. The molecule has 150 valence electrons. The van der Waals surface area contributed by atoms with E-state index in [-0.39, 0.29) is 12.1 Å². The molecule has 0 aliphatic rings. The van der Waals surface area contributed by atoms with E-state index >= 15 is 0 Å². The molecule has 1 unspecified atom stereocenters. The van der Waals surface area contributed by atoms with E-state index in [4.69, 9.17) is 5.73 Å². The lowest BCUT2D eigenvalue weighted by Crippen LogP contribution is -2.47. The average Bonchev–Trinajstić information content (AvgIpc) is 3.41. The first-order chi connectivity index (χ1) is 14.5. The highest BCUT2D eigenvalue weighted by Gasteiger charge is 2.29. The van der Waals surface area contributed by atoms with Gasteiger partial charge in [0.05, 0.1) is 17.4 Å². The Bertz CT molecular complexity index is 1240. The SMILES string of the molecule is NC(=O)C(=O)C(Cc1csc2ccncc12)NC(=O)c1nsnc1-c1ccccn1. The zero-order chi connectivity index (χ0) is 21.1. The number of hydrogen-bond donors (Lipinski definition) is 2. The molecule has 0 saturated heterocycles. The van der Waals surface area contributed by atoms with Crippen molar-refractivity contribution >= 4 is 50.7 Å². The smallest absolute Gasteiger partial charge is 0.287 e. The van der Waals surface area contributed by atoms with Gasteiger partial charge >= 0.3 is 0 Å². The van der Waals surface area contributed by atoms with E-state index in [2.05, 4.69) is 24.0 Å². The Labute approximate surface area is 178 Å². The number of nitrogens with two attached hydrogens (primary N) is 1. The maximum absolute atomic E-state index is 12.9. The van der Waals surface area contributed by atoms with Gasteiger partial charge in [-0.05, 0) is 29.1 Å². The molecule has 4 heterocycles. The molecule has 4 rings (SSSR count). The van der Waals surface area contributed by atoms with Gasteiger partial charge in [-0.25, -0.2) is 0 Å². The second kappa shape index (κ2) is 8.43. The first-order valence-corrected chi connectivity index (χ1v) is 10.3. The third-order valence-electron chi connectivity index (χ3n) is 4.35. The van der Waals surface area contributed by atoms with Crippen LogP contribution in [0.1, 0.15) is 16.1 Å². The zero-order valence-electron chi connectivity index (χ0n) is 15.3. The average molecular weight is 438 g/mol. The second-order valence-electron chi connectivity index (χ2n) is 6.27. The number of nitrogens with one attached hydrogen (secondary N) is 1. The number of aromatic nitrogens is 4. The standard InChI is InChI=1S/C19H14N6O3S2/c20-18(27)17(26)13(7-10-9-29-14-4-6-21-8-11(10)14)23-19(28)16-15(24-30-25-16)12-3-1-2-5-22-12/h1-6,8-9,13H,7H2,(H2,20,27)(H,23,28). The highest BCUT2D eigenvalue weighted by atomic mass is 32.1. The zero-order valence-corrected chi connectivity index (χ0v) is 16.9. The molecule has 1 atom stereocenters. The van der Waals surface area contributed by atoms with E-state index < -0.39 is 23.6 Å². The van der Waals surface area contributed by atoms with Crippen LogP contribution in [0.2, 0.25) is 0 Å². The Hall–Kier alpha value is -3.57. The summed E-state index contributed by atoms with van der Waals surface area (Å²) in [4.78, 5) is 45.1. The fourth-order valence-electron chi connectivity index (χ4n) is 2.92. The van der Waals surface area contributed by atoms with Crippen LogP contribution in [0.15, 0.2) is 48.2 Å². The molecule has 3 N–H and O–H groups in total. The van der Waals surface area contributed by atoms with E-state index in [9.17, 15) is 14.4 Å². The van der Waals surface area contributed by atoms with Crippen LogP contribution in [0.3, 0.4) is 0 Å². The van der Waals surface area contributed by atoms with Crippen molar-refractivity contribution < 1.29 is 14.4 Å². The number of nitrogens with zero attached hydrogens (tertiary/aromatic N) is 4. The van der Waals surface area contributed by atoms with Gasteiger partial charge in [-0.3, -0.25) is 24.4 Å². The Morgan fingerprint density at radius 1 is 1.13 bits per heavy atom. The number of fused-ring (bicyclic) bond motifs is 1. The summed E-state index contributed by atoms with van der Waals surface area (Å²) >= 11 is 2.34. The minimum absolute atomic E-state index is 0.0258. The highest BCUT2D eigenvalue weighted by molar-refractivity contribution is 7.17. The summed E-state index contributed by atoms with van der Waals surface area (Å²) < 4.78 is 9.16. The van der Waals surface area contributed by atoms with Crippen LogP contribution < -0.4 is 11.1 Å². The maximum Gasteiger partial charge on any atom is 0.287 e. The van der Waals surface area contributed by atoms with Gasteiger partial charge in [0, 0.05) is 35.1 Å². The van der Waals surface area contributed by atoms with Crippen molar-refractivity contribution in [2.75, 3.05) is 0 Å². The number of carbonyl (C=O) groups is 3. The van der Waals surface area contributed by atoms with E-state index in [0.29, 0.717) is 11.4 Å². The number of Topliss-reactive ketones (excluding diaryl/α,β-unsaturated/α-hetero) is 1. The Kier molecular flexibility index (Phi) is 5.55. The van der Waals surface area contributed by atoms with E-state index in [1.165, 1.54) is 11.3 Å². The highest BCUT2D eigenvalue weighted by Crippen LogP contribution is 2.26. The number of pyridine rings is 2. The topological polar surface area (TPSA) is 141 Å². The number of ketones is 1. The fourth-order valence-corrected chi connectivity index (χ4v) is 4.41. The van der Waals surface area contributed by atoms with Crippen LogP contribution in [0.25, 0.3) is 21.5 Å². The predicted octanol–water partition coefficient (Wildman–Crippen LogP) is 1.61. The van der Waals surface area contributed by atoms with Gasteiger partial charge in [-0.2, -0.15) is 8.75 Å². The number of primary amides is 1. The largest absolute Gasteiger partial charge is 0.363 e. The van der Waals surface area contributed by atoms with Crippen molar-refractivity contribution in [1.29, 1.82) is 0 Å². The van der Waals surface area contributed by atoms with Crippen molar-refractivity contribution in [1.82, 2.24) is 24.0 Å². The van der Waals surface area contributed by atoms with Gasteiger partial charge in [0.2, 0.25) is 5.78 Å². The Morgan fingerprint density at radius 2 is 2.00 bits per heavy atom. The third kappa shape index (κ3) is 3.93. The van der Waals surface area contributed by atoms with Crippen LogP contribution in [0.4, 0.5) is 0 Å². The van der Waals surface area contributed by atoms with Crippen molar-refractivity contribution in [3.8, 4) is 11.4 Å². The number of amides is 2. The molecular weight excluding hydrogens is 424 g/mol. The normalized spacial score (nSPS) is 11.9. The first-order valence-electron chi connectivity index (χ1n) is 8.73. The van der Waals surface area contributed by atoms with Crippen molar-refractivity contribution in [3.05, 3.63) is 59.5 Å². The number of hydrogen-bond acceptors (Lipinski definition) is 9. The lowest BCUT2D eigenvalue weighted by atomic mass is 10.0. The monoisotopic (exact) mass is 438 g/mol. The lowest BCUT2D eigenvalue weighted by Gasteiger charge is -2.15. The lowest BCUT2D eigenvalue weighted by molar-refractivity contribution is -0.137. The van der Waals surface area contributed by atoms with Crippen molar-refractivity contribution in [3.63, 3.8) is 0 Å². The predicted molar refractivity (Wildman–Crippen MR) is 112 cm³/mol. The third-order valence-corrected chi connectivity index (χ3v) is 5.90. The van der Waals surface area contributed by atoms with Crippen LogP contribution in [0, 0.1) is 0 Å². The molecule has 0 aliphatic carbocycles. The number of carbonyl (C=O) groups excluding carboxylic acids is 3. The minimum Gasteiger partial charge on any atom is -0.363 e. The molecular formula is C19H14N6O3S2. The van der Waals surface area contributed by atoms with Crippen LogP contribution >= 0.6 is 23.1 Å². The molecule has 0 saturated carbocycles. The molecule has 0 aromatic carbocycles. The summed E-state index contributed by atoms with van der Waals surface area (Å²) in [7, 11) is 0. The molecule has 0 bridgehead atoms. The Morgan fingerprint density at radius 3 is 2.77 bits per heavy atom. The van der Waals surface area contributed by atoms with Crippen molar-refractivity contribution in [2.24, 2.45) is 5.73 Å². The fraction of sp³-hybridized carbons (Fsp3) is 0.105. The number of thiophene rings is 1. The molecule has 11 heteroatoms. The molecule has 9 nitrogen and oxygen atoms in total. The summed E-state index contributed by atoms with van der Waals surface area (Å²) in [5, 5.41) is 5.30. The molecule has 0 spiro atoms. The van der Waals surface area contributed by atoms with Gasteiger partial charge < -0.3 is 11.1 Å². The van der Waals surface area contributed by atoms with Gasteiger partial charge in [-0.1, -0.05) is 6.07 Å². The molecule has 0 aliphatic heterocycles. The minimum atomic E-state index is -1.15. The summed E-state index contributed by atoms with van der Waals surface area (Å²) in [6.07, 6.45) is 5.02. The quantitative estimate of drug-likeness (QED) is 0.418. The molecule has 0 radical (unpaired) electrons. The molecule has 30 heavy (non-hydrogen) atoms. The summed E-state index contributed by atoms with van der Waals surface area (Å²) in [6.45, 7) is 0. The number of rotatable bonds is 7. The van der Waals surface area contributed by atoms with E-state index in [0.717, 1.165) is 27.4 Å². The molecule has 4 aromatic rings. The van der Waals surface area contributed by atoms with Crippen LogP contribution in [-0.2, 0) is 16.0 Å². The first kappa shape index (κ1) is 19.7. The van der Waals surface area contributed by atoms with Gasteiger partial charge in [0.15, 0.2) is 5.69 Å². The van der Waals surface area contributed by atoms with Gasteiger partial charge in [0.1, 0.15) is 11.7 Å². The molecule has 4 aromatic heterocycles. The van der Waals surface area contributed by atoms with Crippen LogP contribution in [0.5, 0.6) is 0 Å². The van der Waals surface area contributed by atoms with Gasteiger partial charge in [-0.15, -0.1) is 11.3 Å². The second-order valence-corrected chi connectivity index (χ2v) is 7.71. The molecule has 2 amide bonds. The van der Waals surface area contributed by atoms with Gasteiger partial charge in [0.25, 0.3) is 11.8 Å². The van der Waals surface area contributed by atoms with Crippen molar-refractivity contribution in [2.45, 2.75) is 12.5 Å². The summed E-state index contributed by atoms with van der Waals surface area (Å²) in [6, 6.07) is 5.91. The van der Waals surface area contributed by atoms with E-state index in [1.807, 2.05) is 11.4 Å².